The maximum atomic E-state index is 11.5. The summed E-state index contributed by atoms with van der Waals surface area (Å²) in [6, 6.07) is 9.46. The molecule has 28 heavy (non-hydrogen) atoms. The van der Waals surface area contributed by atoms with E-state index in [-0.39, 0.29) is 24.4 Å². The number of carbonyl (C=O) groups is 1. The van der Waals surface area contributed by atoms with Gasteiger partial charge in [0.15, 0.2) is 11.5 Å². The average Bonchev–Trinajstić information content (AvgIpc) is 3.06. The molecule has 1 fully saturated rings. The first-order chi connectivity index (χ1) is 13.5. The summed E-state index contributed by atoms with van der Waals surface area (Å²) in [7, 11) is 1.39. The number of methoxy groups -OCH3 is 1. The fourth-order valence-corrected chi connectivity index (χ4v) is 3.81. The number of nitrogens with zero attached hydrogens (tertiary/aromatic N) is 1. The number of pyridine rings is 1. The van der Waals surface area contributed by atoms with Gasteiger partial charge < -0.3 is 18.9 Å². The van der Waals surface area contributed by atoms with E-state index in [4.69, 9.17) is 30.5 Å². The van der Waals surface area contributed by atoms with Crippen LogP contribution in [0.2, 0.25) is 5.02 Å². The molecule has 0 bridgehead atoms. The zero-order valence-corrected chi connectivity index (χ0v) is 16.6. The van der Waals surface area contributed by atoms with Gasteiger partial charge >= 0.3 is 5.97 Å². The van der Waals surface area contributed by atoms with Crippen LogP contribution in [-0.4, -0.2) is 30.8 Å². The summed E-state index contributed by atoms with van der Waals surface area (Å²) >= 11 is 5.95. The van der Waals surface area contributed by atoms with Gasteiger partial charge in [-0.1, -0.05) is 23.7 Å². The minimum atomic E-state index is -1.01. The van der Waals surface area contributed by atoms with Gasteiger partial charge in [-0.3, -0.25) is 9.78 Å². The Labute approximate surface area is 168 Å². The van der Waals surface area contributed by atoms with Gasteiger partial charge in [0.1, 0.15) is 5.69 Å². The van der Waals surface area contributed by atoms with Gasteiger partial charge in [-0.2, -0.15) is 0 Å². The maximum Gasteiger partial charge on any atom is 0.308 e. The Morgan fingerprint density at radius 2 is 2.14 bits per heavy atom. The highest BCUT2D eigenvalue weighted by Crippen LogP contribution is 2.48. The second-order valence-corrected chi connectivity index (χ2v) is 7.63. The first-order valence-corrected chi connectivity index (χ1v) is 9.67. The molecule has 2 aliphatic heterocycles. The fourth-order valence-electron chi connectivity index (χ4n) is 3.70. The smallest absolute Gasteiger partial charge is 0.308 e. The summed E-state index contributed by atoms with van der Waals surface area (Å²) in [6.07, 6.45) is 3.46. The van der Waals surface area contributed by atoms with Crippen molar-refractivity contribution in [1.29, 1.82) is 0 Å². The van der Waals surface area contributed by atoms with Crippen molar-refractivity contribution in [3.05, 3.63) is 52.8 Å². The molecule has 0 saturated carbocycles. The molecule has 0 N–H and O–H groups in total. The molecule has 0 spiro atoms. The molecule has 2 aromatic rings. The summed E-state index contributed by atoms with van der Waals surface area (Å²) in [5.74, 6) is 0.335. The topological polar surface area (TPSA) is 66.9 Å². The molecule has 6 nitrogen and oxygen atoms in total. The minimum Gasteiger partial charge on any atom is -0.469 e. The largest absolute Gasteiger partial charge is 0.469 e. The molecular weight excluding hydrogens is 382 g/mol. The number of aromatic nitrogens is 1. The molecule has 3 heterocycles. The van der Waals surface area contributed by atoms with Crippen LogP contribution in [0.4, 0.5) is 0 Å². The van der Waals surface area contributed by atoms with Gasteiger partial charge in [-0.15, -0.1) is 0 Å². The van der Waals surface area contributed by atoms with Crippen LogP contribution in [0.5, 0.6) is 11.5 Å². The molecule has 2 unspecified atom stereocenters. The summed E-state index contributed by atoms with van der Waals surface area (Å²) in [5, 5.41) is 0.560. The second-order valence-electron chi connectivity index (χ2n) is 7.20. The monoisotopic (exact) mass is 403 g/mol. The van der Waals surface area contributed by atoms with Crippen molar-refractivity contribution in [2.75, 3.05) is 13.7 Å². The molecule has 2 aliphatic rings. The van der Waals surface area contributed by atoms with Crippen LogP contribution < -0.4 is 9.47 Å². The van der Waals surface area contributed by atoms with Crippen LogP contribution >= 0.6 is 11.6 Å². The van der Waals surface area contributed by atoms with E-state index in [1.807, 2.05) is 25.1 Å². The van der Waals surface area contributed by atoms with Crippen molar-refractivity contribution >= 4 is 17.6 Å². The van der Waals surface area contributed by atoms with Crippen LogP contribution in [0.1, 0.15) is 43.4 Å². The standard InChI is InChI=1S/C21H22ClNO5/c1-21(18-9-7-14(22)11-23-18)27-17-5-3-4-16(20(17)28-21)13-6-8-15(26-12-13)10-19(24)25-2/h3-5,7,9,11,13,15H,6,8,10,12H2,1-2H3/t13?,15?,21-/m1/s1. The van der Waals surface area contributed by atoms with E-state index in [9.17, 15) is 4.79 Å². The van der Waals surface area contributed by atoms with Gasteiger partial charge in [0.2, 0.25) is 0 Å². The molecule has 0 aliphatic carbocycles. The van der Waals surface area contributed by atoms with E-state index in [1.54, 1.807) is 18.3 Å². The first kappa shape index (κ1) is 19.0. The highest BCUT2D eigenvalue weighted by Gasteiger charge is 2.42. The molecule has 0 radical (unpaired) electrons. The second kappa shape index (κ2) is 7.60. The number of benzene rings is 1. The number of rotatable bonds is 4. The zero-order chi connectivity index (χ0) is 19.7. The van der Waals surface area contributed by atoms with Crippen molar-refractivity contribution in [2.24, 2.45) is 0 Å². The molecule has 7 heteroatoms. The molecule has 1 aromatic carbocycles. The van der Waals surface area contributed by atoms with Crippen LogP contribution in [0.3, 0.4) is 0 Å². The molecular formula is C21H22ClNO5. The molecule has 148 valence electrons. The highest BCUT2D eigenvalue weighted by atomic mass is 35.5. The van der Waals surface area contributed by atoms with Gasteiger partial charge in [-0.05, 0) is 31.0 Å². The van der Waals surface area contributed by atoms with Crippen molar-refractivity contribution < 1.29 is 23.7 Å². The number of halogens is 1. The van der Waals surface area contributed by atoms with Crippen LogP contribution in [-0.2, 0) is 20.1 Å². The normalized spacial score (nSPS) is 26.1. The molecule has 1 aromatic heterocycles. The van der Waals surface area contributed by atoms with Crippen molar-refractivity contribution in [2.45, 2.75) is 44.0 Å². The average molecular weight is 404 g/mol. The van der Waals surface area contributed by atoms with Crippen LogP contribution in [0.15, 0.2) is 36.5 Å². The minimum absolute atomic E-state index is 0.0961. The number of hydrogen-bond acceptors (Lipinski definition) is 6. The number of esters is 1. The maximum absolute atomic E-state index is 11.5. The molecule has 1 saturated heterocycles. The van der Waals surface area contributed by atoms with Gasteiger partial charge in [0.05, 0.1) is 31.3 Å². The van der Waals surface area contributed by atoms with Gasteiger partial charge in [0.25, 0.3) is 5.79 Å². The number of ether oxygens (including phenoxy) is 4. The third kappa shape index (κ3) is 3.66. The third-order valence-corrected chi connectivity index (χ3v) is 5.46. The highest BCUT2D eigenvalue weighted by molar-refractivity contribution is 6.30. The van der Waals surface area contributed by atoms with Crippen molar-refractivity contribution in [1.82, 2.24) is 4.98 Å². The third-order valence-electron chi connectivity index (χ3n) is 5.24. The summed E-state index contributed by atoms with van der Waals surface area (Å²) in [4.78, 5) is 15.8. The van der Waals surface area contributed by atoms with Crippen molar-refractivity contribution in [3.8, 4) is 11.5 Å². The van der Waals surface area contributed by atoms with E-state index in [0.29, 0.717) is 23.1 Å². The number of carbonyl (C=O) groups excluding carboxylic acids is 1. The number of fused-ring (bicyclic) bond motifs is 1. The van der Waals surface area contributed by atoms with E-state index in [1.165, 1.54) is 7.11 Å². The van der Waals surface area contributed by atoms with Gasteiger partial charge in [-0.25, -0.2) is 0 Å². The van der Waals surface area contributed by atoms with E-state index < -0.39 is 5.79 Å². The predicted molar refractivity (Wildman–Crippen MR) is 103 cm³/mol. The fraction of sp³-hybridized carbons (Fsp3) is 0.429. The Kier molecular flexibility index (Phi) is 5.17. The van der Waals surface area contributed by atoms with E-state index in [2.05, 4.69) is 4.98 Å². The van der Waals surface area contributed by atoms with Crippen LogP contribution in [0, 0.1) is 0 Å². The Balaban J connectivity index is 1.51. The zero-order valence-electron chi connectivity index (χ0n) is 15.8. The van der Waals surface area contributed by atoms with Gasteiger partial charge in [0, 0.05) is 24.6 Å². The molecule has 0 amide bonds. The quantitative estimate of drug-likeness (QED) is 0.712. The summed E-state index contributed by atoms with van der Waals surface area (Å²) in [5.41, 5.74) is 1.70. The number of para-hydroxylation sites is 1. The molecule has 3 atom stereocenters. The Bertz CT molecular complexity index is 864. The Hall–Kier alpha value is -2.31. The van der Waals surface area contributed by atoms with Crippen LogP contribution in [0.25, 0.3) is 0 Å². The Morgan fingerprint density at radius 1 is 1.29 bits per heavy atom. The lowest BCUT2D eigenvalue weighted by atomic mass is 9.90. The first-order valence-electron chi connectivity index (χ1n) is 9.30. The summed E-state index contributed by atoms with van der Waals surface area (Å²) in [6.45, 7) is 2.37. The Morgan fingerprint density at radius 3 is 2.82 bits per heavy atom. The lowest BCUT2D eigenvalue weighted by Gasteiger charge is -2.29. The molecule has 4 rings (SSSR count). The van der Waals surface area contributed by atoms with E-state index in [0.717, 1.165) is 24.2 Å². The lowest BCUT2D eigenvalue weighted by Crippen LogP contribution is -2.33. The predicted octanol–water partition coefficient (Wildman–Crippen LogP) is 4.20. The lowest BCUT2D eigenvalue weighted by molar-refractivity contribution is -0.144. The van der Waals surface area contributed by atoms with Crippen molar-refractivity contribution in [3.63, 3.8) is 0 Å². The van der Waals surface area contributed by atoms with E-state index >= 15 is 0 Å². The SMILES string of the molecule is COC(=O)CC1CCC(c2cccc3c2O[C@](C)(c2ccc(Cl)cn2)O3)CO1. The number of hydrogen-bond donors (Lipinski definition) is 0. The summed E-state index contributed by atoms with van der Waals surface area (Å²) < 4.78 is 23.0.